The van der Waals surface area contributed by atoms with Crippen molar-refractivity contribution in [1.29, 1.82) is 10.8 Å². The van der Waals surface area contributed by atoms with E-state index >= 15 is 0 Å². The van der Waals surface area contributed by atoms with Gasteiger partial charge in [0.25, 0.3) is 0 Å². The SMILES string of the molecule is N=C(N=C(N)CN1CCCC1)c1ccc(N)c(C(=N)c2ccc3cc(OCCc4ccccn4)ccc3c2)c1. The molecule has 198 valence electrons. The smallest absolute Gasteiger partial charge is 0.153 e. The third-order valence-electron chi connectivity index (χ3n) is 6.89. The standard InChI is InChI=1S/C31H33N7O/c32-28-11-9-24(31(35)37-29(33)20-38-14-3-4-15-38)19-27(28)30(34)23-7-6-22-18-26(10-8-21(22)17-23)39-16-12-25-5-1-2-13-36-25/h1-2,5-11,13,17-19,34H,3-4,12,14-16,20,32H2,(H3,33,35,37). The van der Waals surface area contributed by atoms with Crippen LogP contribution >= 0.6 is 0 Å². The molecule has 1 aliphatic rings. The number of fused-ring (bicyclic) bond motifs is 1. The fourth-order valence-electron chi connectivity index (χ4n) is 4.78. The lowest BCUT2D eigenvalue weighted by Crippen LogP contribution is -2.32. The van der Waals surface area contributed by atoms with E-state index in [0.29, 0.717) is 35.8 Å². The molecule has 6 N–H and O–H groups in total. The first-order chi connectivity index (χ1) is 19.0. The van der Waals surface area contributed by atoms with Crippen LogP contribution < -0.4 is 16.2 Å². The van der Waals surface area contributed by atoms with E-state index in [1.807, 2.05) is 54.6 Å². The van der Waals surface area contributed by atoms with Crippen molar-refractivity contribution in [3.05, 3.63) is 101 Å². The van der Waals surface area contributed by atoms with Gasteiger partial charge in [-0.15, -0.1) is 0 Å². The summed E-state index contributed by atoms with van der Waals surface area (Å²) in [5.74, 6) is 1.28. The van der Waals surface area contributed by atoms with E-state index in [-0.39, 0.29) is 11.5 Å². The maximum absolute atomic E-state index is 8.88. The van der Waals surface area contributed by atoms with E-state index in [1.165, 1.54) is 12.8 Å². The Kier molecular flexibility index (Phi) is 7.94. The molecule has 0 spiro atoms. The van der Waals surface area contributed by atoms with Gasteiger partial charge in [0, 0.05) is 40.7 Å². The van der Waals surface area contributed by atoms with Gasteiger partial charge in [0.2, 0.25) is 0 Å². The van der Waals surface area contributed by atoms with Crippen LogP contribution in [-0.4, -0.2) is 53.5 Å². The van der Waals surface area contributed by atoms with Crippen LogP contribution in [0.5, 0.6) is 5.75 Å². The van der Waals surface area contributed by atoms with Crippen molar-refractivity contribution in [2.24, 2.45) is 10.7 Å². The van der Waals surface area contributed by atoms with Gasteiger partial charge in [-0.1, -0.05) is 24.3 Å². The molecule has 8 heteroatoms. The van der Waals surface area contributed by atoms with Crippen LogP contribution in [-0.2, 0) is 6.42 Å². The molecule has 0 bridgehead atoms. The number of hydrogen-bond acceptors (Lipinski definition) is 6. The van der Waals surface area contributed by atoms with Crippen molar-refractivity contribution >= 4 is 33.8 Å². The summed E-state index contributed by atoms with van der Waals surface area (Å²) in [6, 6.07) is 22.9. The molecule has 5 rings (SSSR count). The third kappa shape index (κ3) is 6.48. The number of pyridine rings is 1. The van der Waals surface area contributed by atoms with Crippen LogP contribution in [0, 0.1) is 10.8 Å². The topological polar surface area (TPSA) is 137 Å². The molecule has 0 saturated carbocycles. The van der Waals surface area contributed by atoms with Crippen molar-refractivity contribution in [1.82, 2.24) is 9.88 Å². The Bertz CT molecular complexity index is 1530. The largest absolute Gasteiger partial charge is 0.493 e. The van der Waals surface area contributed by atoms with Gasteiger partial charge in [-0.05, 0) is 85.2 Å². The molecule has 1 saturated heterocycles. The van der Waals surface area contributed by atoms with Gasteiger partial charge in [0.05, 0.1) is 18.9 Å². The van der Waals surface area contributed by atoms with Crippen LogP contribution in [0.15, 0.2) is 84.0 Å². The second-order valence-electron chi connectivity index (χ2n) is 9.76. The summed E-state index contributed by atoms with van der Waals surface area (Å²) in [4.78, 5) is 10.9. The van der Waals surface area contributed by atoms with E-state index < -0.39 is 0 Å². The Morgan fingerprint density at radius 3 is 2.49 bits per heavy atom. The summed E-state index contributed by atoms with van der Waals surface area (Å²) in [6.45, 7) is 3.13. The molecule has 0 radical (unpaired) electrons. The Hall–Kier alpha value is -4.56. The Labute approximate surface area is 228 Å². The molecule has 0 aliphatic carbocycles. The zero-order valence-electron chi connectivity index (χ0n) is 21.9. The van der Waals surface area contributed by atoms with Crippen molar-refractivity contribution in [3.63, 3.8) is 0 Å². The normalized spacial score (nSPS) is 14.0. The minimum atomic E-state index is 0.0647. The maximum Gasteiger partial charge on any atom is 0.153 e. The van der Waals surface area contributed by atoms with E-state index in [1.54, 1.807) is 24.4 Å². The Morgan fingerprint density at radius 2 is 1.69 bits per heavy atom. The summed E-state index contributed by atoms with van der Waals surface area (Å²) < 4.78 is 5.94. The average Bonchev–Trinajstić information content (AvgIpc) is 3.46. The van der Waals surface area contributed by atoms with Crippen LogP contribution in [0.3, 0.4) is 0 Å². The van der Waals surface area contributed by atoms with Crippen LogP contribution in [0.2, 0.25) is 0 Å². The van der Waals surface area contributed by atoms with Gasteiger partial charge in [-0.25, -0.2) is 4.99 Å². The van der Waals surface area contributed by atoms with Crippen LogP contribution in [0.1, 0.15) is 35.2 Å². The van der Waals surface area contributed by atoms with Gasteiger partial charge in [-0.3, -0.25) is 20.7 Å². The fraction of sp³-hybridized carbons (Fsp3) is 0.226. The van der Waals surface area contributed by atoms with E-state index in [0.717, 1.165) is 47.3 Å². The van der Waals surface area contributed by atoms with Gasteiger partial charge in [0.15, 0.2) is 5.84 Å². The average molecular weight is 520 g/mol. The number of hydrogen-bond donors (Lipinski definition) is 4. The first-order valence-electron chi connectivity index (χ1n) is 13.2. The molecule has 1 aromatic heterocycles. The highest BCUT2D eigenvalue weighted by Gasteiger charge is 2.15. The highest BCUT2D eigenvalue weighted by molar-refractivity contribution is 6.16. The van der Waals surface area contributed by atoms with E-state index in [2.05, 4.69) is 14.9 Å². The number of amidine groups is 2. The molecule has 3 aromatic carbocycles. The molecule has 4 aromatic rings. The molecule has 1 aliphatic heterocycles. The zero-order chi connectivity index (χ0) is 27.2. The van der Waals surface area contributed by atoms with Crippen LogP contribution in [0.25, 0.3) is 10.8 Å². The second kappa shape index (κ2) is 11.9. The molecular formula is C31H33N7O. The first-order valence-corrected chi connectivity index (χ1v) is 13.2. The number of nitrogens with two attached hydrogens (primary N) is 2. The number of likely N-dealkylation sites (tertiary alicyclic amines) is 1. The molecular weight excluding hydrogens is 486 g/mol. The van der Waals surface area contributed by atoms with E-state index in [4.69, 9.17) is 27.0 Å². The summed E-state index contributed by atoms with van der Waals surface area (Å²) in [5, 5.41) is 19.4. The molecule has 0 atom stereocenters. The molecule has 8 nitrogen and oxygen atoms in total. The van der Waals surface area contributed by atoms with Gasteiger partial charge in [0.1, 0.15) is 11.6 Å². The lowest BCUT2D eigenvalue weighted by molar-refractivity contribution is 0.321. The molecule has 1 fully saturated rings. The zero-order valence-corrected chi connectivity index (χ0v) is 21.9. The number of rotatable bonds is 9. The van der Waals surface area contributed by atoms with Crippen molar-refractivity contribution in [3.8, 4) is 5.75 Å². The number of nitrogens with zero attached hydrogens (tertiary/aromatic N) is 3. The van der Waals surface area contributed by atoms with Crippen LogP contribution in [0.4, 0.5) is 5.69 Å². The summed E-state index contributed by atoms with van der Waals surface area (Å²) in [7, 11) is 0. The minimum Gasteiger partial charge on any atom is -0.493 e. The number of anilines is 1. The number of aromatic nitrogens is 1. The number of nitrogen functional groups attached to an aromatic ring is 1. The number of nitrogens with one attached hydrogen (secondary N) is 2. The van der Waals surface area contributed by atoms with Crippen molar-refractivity contribution in [2.45, 2.75) is 19.3 Å². The highest BCUT2D eigenvalue weighted by atomic mass is 16.5. The van der Waals surface area contributed by atoms with Crippen molar-refractivity contribution < 1.29 is 4.74 Å². The number of aliphatic imine (C=N–C) groups is 1. The Morgan fingerprint density at radius 1 is 0.923 bits per heavy atom. The summed E-state index contributed by atoms with van der Waals surface area (Å²) in [5.41, 5.74) is 16.0. The molecule has 0 amide bonds. The second-order valence-corrected chi connectivity index (χ2v) is 9.76. The number of benzene rings is 3. The first kappa shape index (κ1) is 26.1. The highest BCUT2D eigenvalue weighted by Crippen LogP contribution is 2.25. The Balaban J connectivity index is 1.28. The summed E-state index contributed by atoms with van der Waals surface area (Å²) in [6.07, 6.45) is 4.87. The number of ether oxygens (including phenoxy) is 1. The maximum atomic E-state index is 8.88. The van der Waals surface area contributed by atoms with Crippen molar-refractivity contribution in [2.75, 3.05) is 32.0 Å². The quantitative estimate of drug-likeness (QED) is 0.145. The molecule has 2 heterocycles. The third-order valence-corrected chi connectivity index (χ3v) is 6.89. The minimum absolute atomic E-state index is 0.0647. The fourth-order valence-corrected chi connectivity index (χ4v) is 4.78. The monoisotopic (exact) mass is 519 g/mol. The van der Waals surface area contributed by atoms with Gasteiger partial charge in [-0.2, -0.15) is 0 Å². The lowest BCUT2D eigenvalue weighted by atomic mass is 9.96. The predicted octanol–water partition coefficient (Wildman–Crippen LogP) is 4.63. The summed E-state index contributed by atoms with van der Waals surface area (Å²) >= 11 is 0. The van der Waals surface area contributed by atoms with Gasteiger partial charge >= 0.3 is 0 Å². The lowest BCUT2D eigenvalue weighted by Gasteiger charge is -2.14. The van der Waals surface area contributed by atoms with Gasteiger partial charge < -0.3 is 16.2 Å². The van der Waals surface area contributed by atoms with E-state index in [9.17, 15) is 0 Å². The molecule has 39 heavy (non-hydrogen) atoms. The molecule has 0 unspecified atom stereocenters. The predicted molar refractivity (Wildman–Crippen MR) is 158 cm³/mol.